The molecule has 0 aromatic carbocycles. The molecule has 0 heterocycles. The van der Waals surface area contributed by atoms with Crippen LogP contribution in [-0.4, -0.2) is 54.3 Å². The fourth-order valence-corrected chi connectivity index (χ4v) is 3.77. The maximum absolute atomic E-state index is 13.3. The monoisotopic (exact) mass is 449 g/mol. The lowest BCUT2D eigenvalue weighted by Gasteiger charge is -2.35. The summed E-state index contributed by atoms with van der Waals surface area (Å²) in [6.07, 6.45) is 8.61. The van der Waals surface area contributed by atoms with Gasteiger partial charge in [-0.1, -0.05) is 79.9 Å². The van der Waals surface area contributed by atoms with E-state index in [1.165, 1.54) is 25.7 Å². The molecule has 32 heavy (non-hydrogen) atoms. The number of nitrogens with zero attached hydrogens (tertiary/aromatic N) is 2. The van der Waals surface area contributed by atoms with Crippen molar-refractivity contribution in [1.82, 2.24) is 15.1 Å². The van der Waals surface area contributed by atoms with Gasteiger partial charge < -0.3 is 15.1 Å². The zero-order valence-electron chi connectivity index (χ0n) is 22.5. The summed E-state index contributed by atoms with van der Waals surface area (Å²) in [5.74, 6) is 0.622. The SMILES string of the molecule is C=C(CC(C)CCCCC)NC(C(=O)N(C)C/C=C(\C)C(=O)N(CC)CCC)C(C)(C)C. The third-order valence-electron chi connectivity index (χ3n) is 5.90. The van der Waals surface area contributed by atoms with Gasteiger partial charge in [-0.15, -0.1) is 0 Å². The molecule has 0 rings (SSSR count). The van der Waals surface area contributed by atoms with E-state index in [-0.39, 0.29) is 23.3 Å². The molecule has 0 saturated carbocycles. The van der Waals surface area contributed by atoms with E-state index < -0.39 is 0 Å². The maximum Gasteiger partial charge on any atom is 0.249 e. The van der Waals surface area contributed by atoms with Crippen LogP contribution in [0.25, 0.3) is 0 Å². The molecule has 5 nitrogen and oxygen atoms in total. The molecular formula is C27H51N3O2. The minimum absolute atomic E-state index is 0.0229. The van der Waals surface area contributed by atoms with E-state index in [2.05, 4.69) is 53.4 Å². The molecule has 5 heteroatoms. The molecule has 2 unspecified atom stereocenters. The number of rotatable bonds is 15. The van der Waals surface area contributed by atoms with Crippen LogP contribution in [0.1, 0.15) is 93.9 Å². The number of carbonyl (C=O) groups excluding carboxylic acids is 2. The lowest BCUT2D eigenvalue weighted by atomic mass is 9.85. The number of allylic oxidation sites excluding steroid dienone is 1. The summed E-state index contributed by atoms with van der Waals surface area (Å²) in [6.45, 7) is 22.7. The quantitative estimate of drug-likeness (QED) is 0.255. The van der Waals surface area contributed by atoms with Crippen LogP contribution < -0.4 is 5.32 Å². The first-order chi connectivity index (χ1) is 14.9. The van der Waals surface area contributed by atoms with Gasteiger partial charge in [-0.3, -0.25) is 9.59 Å². The molecule has 0 saturated heterocycles. The fourth-order valence-electron chi connectivity index (χ4n) is 3.77. The molecule has 0 aliphatic carbocycles. The van der Waals surface area contributed by atoms with Crippen molar-refractivity contribution in [1.29, 1.82) is 0 Å². The second kappa shape index (κ2) is 15.1. The third kappa shape index (κ3) is 11.2. The van der Waals surface area contributed by atoms with Gasteiger partial charge in [0, 0.05) is 38.0 Å². The van der Waals surface area contributed by atoms with Crippen LogP contribution in [0.15, 0.2) is 23.9 Å². The number of amides is 2. The standard InChI is InChI=1S/C27H51N3O2/c1-11-14-15-16-21(4)20-23(6)28-24(27(7,8)9)26(32)29(10)19-17-22(5)25(31)30(13-3)18-12-2/h17,21,24,28H,6,11-16,18-20H2,1-5,7-10H3/b22-17+. The number of likely N-dealkylation sites (N-methyl/N-ethyl adjacent to an activating group) is 2. The van der Waals surface area contributed by atoms with Crippen molar-refractivity contribution in [2.75, 3.05) is 26.7 Å². The smallest absolute Gasteiger partial charge is 0.249 e. The third-order valence-corrected chi connectivity index (χ3v) is 5.90. The zero-order chi connectivity index (χ0) is 24.9. The van der Waals surface area contributed by atoms with Gasteiger partial charge in [-0.2, -0.15) is 0 Å². The van der Waals surface area contributed by atoms with Gasteiger partial charge in [-0.25, -0.2) is 0 Å². The summed E-state index contributed by atoms with van der Waals surface area (Å²) in [7, 11) is 1.80. The average molecular weight is 450 g/mol. The number of nitrogens with one attached hydrogen (secondary N) is 1. The van der Waals surface area contributed by atoms with Crippen molar-refractivity contribution in [3.63, 3.8) is 0 Å². The molecule has 0 aromatic rings. The lowest BCUT2D eigenvalue weighted by molar-refractivity contribution is -0.134. The number of hydrogen-bond donors (Lipinski definition) is 1. The Balaban J connectivity index is 5.10. The van der Waals surface area contributed by atoms with Crippen LogP contribution >= 0.6 is 0 Å². The normalized spacial score (nSPS) is 14.0. The summed E-state index contributed by atoms with van der Waals surface area (Å²) in [4.78, 5) is 29.5. The Hall–Kier alpha value is -1.78. The number of hydrogen-bond acceptors (Lipinski definition) is 3. The van der Waals surface area contributed by atoms with E-state index in [0.29, 0.717) is 24.6 Å². The highest BCUT2D eigenvalue weighted by Crippen LogP contribution is 2.24. The van der Waals surface area contributed by atoms with E-state index >= 15 is 0 Å². The maximum atomic E-state index is 13.3. The zero-order valence-corrected chi connectivity index (χ0v) is 22.5. The Labute approximate surface area is 198 Å². The highest BCUT2D eigenvalue weighted by atomic mass is 16.2. The van der Waals surface area contributed by atoms with Gasteiger partial charge in [0.25, 0.3) is 0 Å². The molecule has 0 aromatic heterocycles. The number of carbonyl (C=O) groups is 2. The second-order valence-electron chi connectivity index (χ2n) is 10.3. The molecule has 0 aliphatic rings. The summed E-state index contributed by atoms with van der Waals surface area (Å²) in [6, 6.07) is -0.362. The topological polar surface area (TPSA) is 52.7 Å². The summed E-state index contributed by atoms with van der Waals surface area (Å²) >= 11 is 0. The molecule has 1 N–H and O–H groups in total. The summed E-state index contributed by atoms with van der Waals surface area (Å²) in [5.41, 5.74) is 1.36. The molecule has 186 valence electrons. The molecule has 0 aliphatic heterocycles. The minimum atomic E-state index is -0.362. The van der Waals surface area contributed by atoms with Crippen LogP contribution in [0, 0.1) is 11.3 Å². The highest BCUT2D eigenvalue weighted by molar-refractivity contribution is 5.93. The Morgan fingerprint density at radius 1 is 1.09 bits per heavy atom. The Morgan fingerprint density at radius 3 is 2.22 bits per heavy atom. The van der Waals surface area contributed by atoms with E-state index in [0.717, 1.165) is 25.1 Å². The highest BCUT2D eigenvalue weighted by Gasteiger charge is 2.33. The van der Waals surface area contributed by atoms with Crippen LogP contribution in [0.4, 0.5) is 0 Å². The molecule has 0 fully saturated rings. The Morgan fingerprint density at radius 2 is 1.72 bits per heavy atom. The minimum Gasteiger partial charge on any atom is -0.377 e. The summed E-state index contributed by atoms with van der Waals surface area (Å²) < 4.78 is 0. The van der Waals surface area contributed by atoms with E-state index in [9.17, 15) is 9.59 Å². The Bertz CT molecular complexity index is 619. The molecular weight excluding hydrogens is 398 g/mol. The first-order valence-corrected chi connectivity index (χ1v) is 12.5. The molecule has 0 bridgehead atoms. The number of unbranched alkanes of at least 4 members (excludes halogenated alkanes) is 2. The first kappa shape index (κ1) is 30.2. The average Bonchev–Trinajstić information content (AvgIpc) is 2.72. The second-order valence-corrected chi connectivity index (χ2v) is 10.3. The molecule has 0 spiro atoms. The van der Waals surface area contributed by atoms with Gasteiger partial charge in [0.1, 0.15) is 6.04 Å². The van der Waals surface area contributed by atoms with Crippen LogP contribution in [0.2, 0.25) is 0 Å². The lowest BCUT2D eigenvalue weighted by Crippen LogP contribution is -2.51. The van der Waals surface area contributed by atoms with Crippen molar-refractivity contribution in [2.24, 2.45) is 11.3 Å². The predicted octanol–water partition coefficient (Wildman–Crippen LogP) is 5.77. The molecule has 2 amide bonds. The van der Waals surface area contributed by atoms with Crippen molar-refractivity contribution in [3.8, 4) is 0 Å². The molecule has 0 radical (unpaired) electrons. The van der Waals surface area contributed by atoms with Crippen molar-refractivity contribution in [3.05, 3.63) is 23.9 Å². The predicted molar refractivity (Wildman–Crippen MR) is 137 cm³/mol. The van der Waals surface area contributed by atoms with Crippen LogP contribution in [-0.2, 0) is 9.59 Å². The van der Waals surface area contributed by atoms with Gasteiger partial charge >= 0.3 is 0 Å². The van der Waals surface area contributed by atoms with Gasteiger partial charge in [0.05, 0.1) is 0 Å². The van der Waals surface area contributed by atoms with Gasteiger partial charge in [0.2, 0.25) is 11.8 Å². The van der Waals surface area contributed by atoms with Crippen molar-refractivity contribution in [2.45, 2.75) is 100.0 Å². The van der Waals surface area contributed by atoms with E-state index in [4.69, 9.17) is 0 Å². The van der Waals surface area contributed by atoms with Crippen LogP contribution in [0.5, 0.6) is 0 Å². The Kier molecular flexibility index (Phi) is 14.3. The van der Waals surface area contributed by atoms with Crippen LogP contribution in [0.3, 0.4) is 0 Å². The van der Waals surface area contributed by atoms with Gasteiger partial charge in [0.15, 0.2) is 0 Å². The van der Waals surface area contributed by atoms with Gasteiger partial charge in [-0.05, 0) is 38.0 Å². The van der Waals surface area contributed by atoms with Crippen molar-refractivity contribution < 1.29 is 9.59 Å². The van der Waals surface area contributed by atoms with Crippen molar-refractivity contribution >= 4 is 11.8 Å². The first-order valence-electron chi connectivity index (χ1n) is 12.5. The van der Waals surface area contributed by atoms with E-state index in [1.54, 1.807) is 11.9 Å². The van der Waals surface area contributed by atoms with E-state index in [1.807, 2.05) is 24.8 Å². The summed E-state index contributed by atoms with van der Waals surface area (Å²) in [5, 5.41) is 3.43. The largest absolute Gasteiger partial charge is 0.377 e. The molecule has 2 atom stereocenters. The fraction of sp³-hybridized carbons (Fsp3) is 0.778.